The molecule has 0 unspecified atom stereocenters. The highest BCUT2D eigenvalue weighted by atomic mass is 28.3. The van der Waals surface area contributed by atoms with E-state index < -0.39 is 8.07 Å². The number of nitrogens with zero attached hydrogens (tertiary/aromatic N) is 1. The zero-order valence-corrected chi connectivity index (χ0v) is 25.2. The van der Waals surface area contributed by atoms with Crippen LogP contribution in [0.5, 0.6) is 5.75 Å². The summed E-state index contributed by atoms with van der Waals surface area (Å²) >= 11 is 0. The van der Waals surface area contributed by atoms with Crippen LogP contribution in [0.2, 0.25) is 5.04 Å². The van der Waals surface area contributed by atoms with Gasteiger partial charge in [-0.3, -0.25) is 9.36 Å². The Labute approximate surface area is 243 Å². The number of hydrogen-bond donors (Lipinski definition) is 0. The number of rotatable bonds is 3. The van der Waals surface area contributed by atoms with E-state index in [4.69, 9.17) is 4.74 Å². The van der Waals surface area contributed by atoms with Crippen molar-refractivity contribution in [1.82, 2.24) is 4.57 Å². The molecule has 1 aromatic heterocycles. The maximum Gasteiger partial charge on any atom is 0.259 e. The van der Waals surface area contributed by atoms with Gasteiger partial charge < -0.3 is 4.74 Å². The normalized spacial score (nSPS) is 15.4. The molecule has 0 aliphatic carbocycles. The van der Waals surface area contributed by atoms with Crippen molar-refractivity contribution < 1.29 is 4.74 Å². The molecule has 4 aromatic carbocycles. The van der Waals surface area contributed by atoms with Crippen molar-refractivity contribution in [1.29, 1.82) is 0 Å². The Morgan fingerprint density at radius 3 is 2.02 bits per heavy atom. The maximum absolute atomic E-state index is 14.4. The van der Waals surface area contributed by atoms with Crippen LogP contribution >= 0.6 is 0 Å². The fourth-order valence-electron chi connectivity index (χ4n) is 6.29. The van der Waals surface area contributed by atoms with Gasteiger partial charge in [-0.1, -0.05) is 99.5 Å². The highest BCUT2D eigenvalue weighted by molar-refractivity contribution is 7.13. The lowest BCUT2D eigenvalue weighted by molar-refractivity contribution is 0.414. The van der Waals surface area contributed by atoms with E-state index in [9.17, 15) is 4.79 Å². The molecule has 5 aromatic rings. The second-order valence-electron chi connectivity index (χ2n) is 11.6. The zero-order chi connectivity index (χ0) is 28.8. The number of methoxy groups -OCH3 is 1. The van der Waals surface area contributed by atoms with E-state index in [0.29, 0.717) is 0 Å². The topological polar surface area (TPSA) is 31.2 Å². The monoisotopic (exact) mass is 551 g/mol. The Bertz CT molecular complexity index is 1870. The molecule has 3 nitrogen and oxygen atoms in total. The molecule has 41 heavy (non-hydrogen) atoms. The van der Waals surface area contributed by atoms with E-state index in [1.807, 2.05) is 72.2 Å². The summed E-state index contributed by atoms with van der Waals surface area (Å²) < 4.78 is 7.35. The molecule has 0 fully saturated rings. The lowest BCUT2D eigenvalue weighted by Gasteiger charge is -2.39. The third-order valence-electron chi connectivity index (χ3n) is 8.26. The van der Waals surface area contributed by atoms with Gasteiger partial charge in [-0.15, -0.1) is 5.54 Å². The van der Waals surface area contributed by atoms with Gasteiger partial charge >= 0.3 is 0 Å². The van der Waals surface area contributed by atoms with Gasteiger partial charge in [0.1, 0.15) is 5.75 Å². The van der Waals surface area contributed by atoms with E-state index >= 15 is 0 Å². The van der Waals surface area contributed by atoms with Crippen LogP contribution in [0.4, 0.5) is 0 Å². The molecule has 1 aliphatic rings. The quantitative estimate of drug-likeness (QED) is 0.183. The Kier molecular flexibility index (Phi) is 6.56. The molecule has 1 aliphatic heterocycles. The van der Waals surface area contributed by atoms with E-state index in [0.717, 1.165) is 44.9 Å². The van der Waals surface area contributed by atoms with Gasteiger partial charge in [0.2, 0.25) is 8.07 Å². The van der Waals surface area contributed by atoms with Crippen LogP contribution in [0.3, 0.4) is 0 Å². The van der Waals surface area contributed by atoms with Crippen LogP contribution in [-0.4, -0.2) is 19.8 Å². The molecule has 4 heteroatoms. The van der Waals surface area contributed by atoms with Crippen LogP contribution in [0.25, 0.3) is 28.1 Å². The largest absolute Gasteiger partial charge is 0.497 e. The SMILES string of the molecule is COc1ccc(-n2c(-c3ccccc3)c3c(c(C)c2=O)-c2ccccc2[Si@]3(C#Cc2ccccc2)C(C)(C)C)cc1. The van der Waals surface area contributed by atoms with Gasteiger partial charge in [-0.05, 0) is 75.4 Å². The smallest absolute Gasteiger partial charge is 0.259 e. The zero-order valence-electron chi connectivity index (χ0n) is 24.2. The van der Waals surface area contributed by atoms with Crippen molar-refractivity contribution in [3.8, 4) is 45.3 Å². The average molecular weight is 552 g/mol. The van der Waals surface area contributed by atoms with Gasteiger partial charge in [0.05, 0.1) is 12.8 Å². The summed E-state index contributed by atoms with van der Waals surface area (Å²) in [6.07, 6.45) is 0. The van der Waals surface area contributed by atoms with Gasteiger partial charge in [0.15, 0.2) is 0 Å². The Hall–Kier alpha value is -4.59. The molecular formula is C37H33NO2Si. The van der Waals surface area contributed by atoms with Crippen molar-refractivity contribution in [2.75, 3.05) is 7.11 Å². The first-order valence-electron chi connectivity index (χ1n) is 14.0. The highest BCUT2D eigenvalue weighted by Gasteiger charge is 2.55. The van der Waals surface area contributed by atoms with E-state index in [2.05, 4.69) is 80.8 Å². The second-order valence-corrected chi connectivity index (χ2v) is 15.9. The Morgan fingerprint density at radius 1 is 0.780 bits per heavy atom. The summed E-state index contributed by atoms with van der Waals surface area (Å²) in [6, 6.07) is 37.0. The predicted octanol–water partition coefficient (Wildman–Crippen LogP) is 6.76. The number of ether oxygens (including phenoxy) is 1. The lowest BCUT2D eigenvalue weighted by atomic mass is 9.98. The minimum Gasteiger partial charge on any atom is -0.497 e. The Morgan fingerprint density at radius 2 is 1.39 bits per heavy atom. The standard InChI is InChI=1S/C37H33NO2Si/c1-26-33-31-18-12-13-19-32(31)41(37(2,3)4,25-24-27-14-8-6-9-15-27)35(33)34(28-16-10-7-11-17-28)38(36(26)39)29-20-22-30(40-5)23-21-29/h6-23H,1-5H3/t41-/m0/s1. The number of benzene rings is 4. The molecular weight excluding hydrogens is 518 g/mol. The predicted molar refractivity (Wildman–Crippen MR) is 172 cm³/mol. The van der Waals surface area contributed by atoms with E-state index in [1.165, 1.54) is 10.4 Å². The van der Waals surface area contributed by atoms with Crippen LogP contribution in [0.1, 0.15) is 31.9 Å². The molecule has 0 saturated heterocycles. The van der Waals surface area contributed by atoms with Gasteiger partial charge in [-0.2, -0.15) is 0 Å². The summed E-state index contributed by atoms with van der Waals surface area (Å²) in [6.45, 7) is 8.93. The van der Waals surface area contributed by atoms with Crippen molar-refractivity contribution in [2.24, 2.45) is 0 Å². The summed E-state index contributed by atoms with van der Waals surface area (Å²) in [7, 11) is -1.21. The first-order valence-corrected chi connectivity index (χ1v) is 16.0. The van der Waals surface area contributed by atoms with Crippen molar-refractivity contribution in [2.45, 2.75) is 32.7 Å². The summed E-state index contributed by atoms with van der Waals surface area (Å²) in [5.74, 6) is 4.36. The van der Waals surface area contributed by atoms with Gasteiger partial charge in [-0.25, -0.2) is 0 Å². The first-order chi connectivity index (χ1) is 19.8. The number of aromatic nitrogens is 1. The van der Waals surface area contributed by atoms with Crippen molar-refractivity contribution in [3.63, 3.8) is 0 Å². The van der Waals surface area contributed by atoms with Crippen LogP contribution in [-0.2, 0) is 0 Å². The lowest BCUT2D eigenvalue weighted by Crippen LogP contribution is -2.62. The third-order valence-corrected chi connectivity index (χ3v) is 13.5. The molecule has 0 amide bonds. The van der Waals surface area contributed by atoms with Crippen LogP contribution in [0, 0.1) is 18.4 Å². The molecule has 2 heterocycles. The number of pyridine rings is 1. The molecule has 6 rings (SSSR count). The molecule has 0 radical (unpaired) electrons. The average Bonchev–Trinajstić information content (AvgIpc) is 3.30. The summed E-state index contributed by atoms with van der Waals surface area (Å²) in [4.78, 5) is 14.4. The van der Waals surface area contributed by atoms with Crippen LogP contribution < -0.4 is 20.7 Å². The number of hydrogen-bond acceptors (Lipinski definition) is 2. The molecule has 202 valence electrons. The minimum absolute atomic E-state index is 0.0164. The minimum atomic E-state index is -2.87. The second kappa shape index (κ2) is 10.1. The van der Waals surface area contributed by atoms with Gasteiger partial charge in [0.25, 0.3) is 5.56 Å². The molecule has 0 N–H and O–H groups in total. The van der Waals surface area contributed by atoms with E-state index in [1.54, 1.807) is 7.11 Å². The third kappa shape index (κ3) is 4.16. The molecule has 1 atom stereocenters. The molecule has 0 spiro atoms. The van der Waals surface area contributed by atoms with Crippen molar-refractivity contribution in [3.05, 3.63) is 131 Å². The highest BCUT2D eigenvalue weighted by Crippen LogP contribution is 2.45. The number of fused-ring (bicyclic) bond motifs is 3. The Balaban J connectivity index is 1.83. The molecule has 0 saturated carbocycles. The maximum atomic E-state index is 14.4. The van der Waals surface area contributed by atoms with Crippen molar-refractivity contribution >= 4 is 18.4 Å². The first kappa shape index (κ1) is 26.6. The van der Waals surface area contributed by atoms with Gasteiger partial charge in [0, 0.05) is 16.8 Å². The van der Waals surface area contributed by atoms with E-state index in [-0.39, 0.29) is 10.6 Å². The fourth-order valence-corrected chi connectivity index (χ4v) is 11.4. The fraction of sp³-hybridized carbons (Fsp3) is 0.162. The summed E-state index contributed by atoms with van der Waals surface area (Å²) in [5.41, 5.74) is 10.6. The van der Waals surface area contributed by atoms with Crippen LogP contribution in [0.15, 0.2) is 114 Å². The summed E-state index contributed by atoms with van der Waals surface area (Å²) in [5, 5.41) is 2.31. The molecule has 0 bridgehead atoms.